The number of fused-ring (bicyclic) bond motifs is 1. The van der Waals surface area contributed by atoms with Crippen LogP contribution >= 0.6 is 8.53 Å². The number of rotatable bonds is 33. The standard InChI is InChI=1S/C62H82N9O13P/c1-10-48-54(84-85(79-37-34-63-7)71(42(2)3)43(4)5)55(58(80-48)70-41-67-51-56(68-40-69(8)9)65-39-66-57(51)70)76-35-24-12-11-23-33-64-50(72)32-22-25-36-77-62-44(6)52(82-60(74)46-28-18-14-19-29-46)53(83-61(75)47-30-20-15-21-31-47)49(81-62)38-78-59(73)45-26-16-13-17-27-45/h13-21,26-31,39-44,48-49,52-55,58,62H,10-12,22-25,32-38H2,1-6,8-9H3,(H,64,72)/t44-,48-,49-,52-,53+,54?,55+,58-,62-,85?/m1/s1. The van der Waals surface area contributed by atoms with Crippen LogP contribution in [-0.2, 0) is 47.0 Å². The van der Waals surface area contributed by atoms with Crippen molar-refractivity contribution < 1.29 is 61.4 Å². The van der Waals surface area contributed by atoms with Gasteiger partial charge in [-0.15, -0.1) is 0 Å². The number of aliphatic imine (C=N–C) groups is 1. The summed E-state index contributed by atoms with van der Waals surface area (Å²) in [6.45, 7) is 20.9. The predicted octanol–water partition coefficient (Wildman–Crippen LogP) is 9.94. The molecule has 23 heteroatoms. The zero-order valence-electron chi connectivity index (χ0n) is 50.0. The van der Waals surface area contributed by atoms with E-state index in [1.807, 2.05) is 23.6 Å². The zero-order valence-corrected chi connectivity index (χ0v) is 50.9. The van der Waals surface area contributed by atoms with Gasteiger partial charge in [-0.05, 0) is 96.2 Å². The lowest BCUT2D eigenvalue weighted by Gasteiger charge is -2.44. The molecule has 85 heavy (non-hydrogen) atoms. The fourth-order valence-corrected chi connectivity index (χ4v) is 11.7. The summed E-state index contributed by atoms with van der Waals surface area (Å²) >= 11 is 0. The normalized spacial score (nSPS) is 21.7. The number of benzene rings is 3. The highest BCUT2D eigenvalue weighted by molar-refractivity contribution is 7.44. The van der Waals surface area contributed by atoms with Crippen LogP contribution in [-0.4, -0.2) is 168 Å². The Morgan fingerprint density at radius 1 is 0.741 bits per heavy atom. The number of unbranched alkanes of at least 4 members (excludes halogenated alkanes) is 4. The van der Waals surface area contributed by atoms with E-state index >= 15 is 0 Å². The lowest BCUT2D eigenvalue weighted by Crippen LogP contribution is -2.58. The average molecular weight is 1190 g/mol. The molecule has 0 spiro atoms. The van der Waals surface area contributed by atoms with Crippen LogP contribution in [0.25, 0.3) is 16.0 Å². The predicted molar refractivity (Wildman–Crippen MR) is 320 cm³/mol. The monoisotopic (exact) mass is 1190 g/mol. The molecule has 0 bridgehead atoms. The van der Waals surface area contributed by atoms with Crippen LogP contribution in [0.5, 0.6) is 0 Å². The number of amides is 1. The van der Waals surface area contributed by atoms with Crippen LogP contribution in [0.1, 0.15) is 130 Å². The number of nitrogens with one attached hydrogen (secondary N) is 1. The molecule has 2 aromatic heterocycles. The molecule has 22 nitrogen and oxygen atoms in total. The summed E-state index contributed by atoms with van der Waals surface area (Å²) in [6.07, 6.45) is 3.53. The van der Waals surface area contributed by atoms with Crippen molar-refractivity contribution in [3.05, 3.63) is 132 Å². The molecule has 5 aromatic rings. The van der Waals surface area contributed by atoms with Crippen LogP contribution in [0.2, 0.25) is 0 Å². The summed E-state index contributed by atoms with van der Waals surface area (Å²) in [4.78, 5) is 76.9. The van der Waals surface area contributed by atoms with E-state index in [0.717, 1.165) is 25.7 Å². The van der Waals surface area contributed by atoms with Crippen LogP contribution in [0.15, 0.2) is 109 Å². The summed E-state index contributed by atoms with van der Waals surface area (Å²) in [5.41, 5.74) is 1.95. The second kappa shape index (κ2) is 33.8. The maximum Gasteiger partial charge on any atom is 0.338 e. The molecule has 2 saturated heterocycles. The van der Waals surface area contributed by atoms with Gasteiger partial charge in [-0.3, -0.25) is 9.36 Å². The average Bonchev–Trinajstić information content (AvgIpc) is 1.93. The molecule has 10 atom stereocenters. The summed E-state index contributed by atoms with van der Waals surface area (Å²) in [7, 11) is 2.14. The fourth-order valence-electron chi connectivity index (χ4n) is 9.98. The van der Waals surface area contributed by atoms with E-state index in [-0.39, 0.29) is 62.4 Å². The molecular weight excluding hydrogens is 1110 g/mol. The number of nitrogens with zero attached hydrogens (tertiary/aromatic N) is 8. The van der Waals surface area contributed by atoms with Crippen molar-refractivity contribution in [2.24, 2.45) is 10.9 Å². The van der Waals surface area contributed by atoms with Gasteiger partial charge in [0.25, 0.3) is 8.53 Å². The molecule has 458 valence electrons. The van der Waals surface area contributed by atoms with Crippen molar-refractivity contribution in [1.82, 2.24) is 34.4 Å². The quantitative estimate of drug-likeness (QED) is 0.00783. The molecular formula is C62H82N9O13P. The number of imidazole rings is 1. The topological polar surface area (TPSA) is 230 Å². The van der Waals surface area contributed by atoms with E-state index < -0.39 is 75.4 Å². The molecule has 0 saturated carbocycles. The number of ether oxygens (including phenoxy) is 7. The second-order valence-corrected chi connectivity index (χ2v) is 23.0. The first kappa shape index (κ1) is 65.7. The first-order chi connectivity index (χ1) is 41.2. The molecule has 1 N–H and O–H groups in total. The Morgan fingerprint density at radius 3 is 1.98 bits per heavy atom. The minimum absolute atomic E-state index is 0.0777. The molecule has 2 fully saturated rings. The van der Waals surface area contributed by atoms with E-state index in [1.54, 1.807) is 111 Å². The molecule has 1 amide bonds. The van der Waals surface area contributed by atoms with Crippen molar-refractivity contribution in [2.75, 3.05) is 53.6 Å². The van der Waals surface area contributed by atoms with Gasteiger partial charge in [0.15, 0.2) is 35.6 Å². The third kappa shape index (κ3) is 18.8. The Balaban J connectivity index is 0.911. The van der Waals surface area contributed by atoms with Gasteiger partial charge in [-0.25, -0.2) is 45.6 Å². The Kier molecular flexibility index (Phi) is 26.1. The molecule has 7 rings (SSSR count). The van der Waals surface area contributed by atoms with Crippen molar-refractivity contribution >= 4 is 55.7 Å². The van der Waals surface area contributed by atoms with E-state index in [4.69, 9.17) is 48.8 Å². The minimum atomic E-state index is -1.62. The number of aromatic nitrogens is 4. The van der Waals surface area contributed by atoms with Crippen LogP contribution in [0.3, 0.4) is 0 Å². The molecule has 3 aromatic carbocycles. The van der Waals surface area contributed by atoms with Gasteiger partial charge in [-0.1, -0.05) is 81.3 Å². The Labute approximate surface area is 500 Å². The minimum Gasteiger partial charge on any atom is -0.459 e. The summed E-state index contributed by atoms with van der Waals surface area (Å²) in [6, 6.07) is 25.5. The number of carbonyl (C=O) groups excluding carboxylic acids is 4. The van der Waals surface area contributed by atoms with E-state index in [1.165, 1.54) is 6.33 Å². The van der Waals surface area contributed by atoms with Crippen molar-refractivity contribution in [1.29, 1.82) is 0 Å². The number of hydrogen-bond donors (Lipinski definition) is 1. The Bertz CT molecular complexity index is 2930. The van der Waals surface area contributed by atoms with Gasteiger partial charge in [0, 0.05) is 58.3 Å². The summed E-state index contributed by atoms with van der Waals surface area (Å²) < 4.78 is 61.7. The zero-order chi connectivity index (χ0) is 60.7. The van der Waals surface area contributed by atoms with Crippen molar-refractivity contribution in [2.45, 2.75) is 154 Å². The molecule has 4 heterocycles. The molecule has 0 radical (unpaired) electrons. The maximum atomic E-state index is 13.6. The van der Waals surface area contributed by atoms with Gasteiger partial charge in [-0.2, -0.15) is 0 Å². The third-order valence-electron chi connectivity index (χ3n) is 14.2. The number of hydrogen-bond acceptors (Lipinski definition) is 18. The van der Waals surface area contributed by atoms with E-state index in [0.29, 0.717) is 60.5 Å². The lowest BCUT2D eigenvalue weighted by molar-refractivity contribution is -0.281. The highest BCUT2D eigenvalue weighted by Crippen LogP contribution is 2.51. The van der Waals surface area contributed by atoms with Gasteiger partial charge in [0.1, 0.15) is 44.0 Å². The van der Waals surface area contributed by atoms with Crippen LogP contribution in [0.4, 0.5) is 5.82 Å². The van der Waals surface area contributed by atoms with Gasteiger partial charge < -0.3 is 57.3 Å². The smallest absolute Gasteiger partial charge is 0.338 e. The third-order valence-corrected chi connectivity index (χ3v) is 16.3. The maximum absolute atomic E-state index is 13.6. The van der Waals surface area contributed by atoms with Crippen molar-refractivity contribution in [3.63, 3.8) is 0 Å². The van der Waals surface area contributed by atoms with Gasteiger partial charge >= 0.3 is 17.9 Å². The molecule has 2 aliphatic rings. The number of carbonyl (C=O) groups is 4. The Morgan fingerprint density at radius 2 is 1.35 bits per heavy atom. The Hall–Kier alpha value is -6.80. The van der Waals surface area contributed by atoms with Gasteiger partial charge in [0.05, 0.1) is 35.5 Å². The molecule has 2 unspecified atom stereocenters. The fraction of sp³-hybridized carbons (Fsp3) is 0.532. The first-order valence-electron chi connectivity index (χ1n) is 29.3. The molecule has 0 aliphatic carbocycles. The SMILES string of the molecule is [C-]#[N+]CCOP(OC1[C@@H](CC)O[C@@H](n2cnc3c(N=CN(C)C)ncnc32)[C@H]1OCCCCCCNC(=O)CCCCO[C@@H]1O[C@H](COC(=O)c2ccccc2)[C@H](OC(=O)c2ccccc2)[C@H](OC(=O)c2ccccc2)[C@H]1C)N(C(C)C)C(C)C. The van der Waals surface area contributed by atoms with Crippen molar-refractivity contribution in [3.8, 4) is 0 Å². The van der Waals surface area contributed by atoms with Crippen LogP contribution in [0, 0.1) is 12.5 Å². The largest absolute Gasteiger partial charge is 0.459 e. The summed E-state index contributed by atoms with van der Waals surface area (Å²) in [5.74, 6) is -2.24. The first-order valence-corrected chi connectivity index (χ1v) is 30.5. The number of esters is 3. The highest BCUT2D eigenvalue weighted by Gasteiger charge is 2.51. The van der Waals surface area contributed by atoms with Crippen LogP contribution < -0.4 is 5.32 Å². The molecule has 2 aliphatic heterocycles. The van der Waals surface area contributed by atoms with E-state index in [9.17, 15) is 19.2 Å². The van der Waals surface area contributed by atoms with E-state index in [2.05, 4.69) is 69.4 Å². The van der Waals surface area contributed by atoms with Gasteiger partial charge in [0.2, 0.25) is 12.5 Å². The lowest BCUT2D eigenvalue weighted by atomic mass is 9.91. The highest BCUT2D eigenvalue weighted by atomic mass is 31.2. The second-order valence-electron chi connectivity index (χ2n) is 21.6. The summed E-state index contributed by atoms with van der Waals surface area (Å²) in [5, 5.41) is 3.05.